The van der Waals surface area contributed by atoms with Gasteiger partial charge in [0.1, 0.15) is 6.10 Å². The second-order valence-corrected chi connectivity index (χ2v) is 4.79. The lowest BCUT2D eigenvalue weighted by atomic mass is 10.3. The van der Waals surface area contributed by atoms with Crippen molar-refractivity contribution in [3.05, 3.63) is 27.8 Å². The fourth-order valence-electron chi connectivity index (χ4n) is 1.63. The van der Waals surface area contributed by atoms with Gasteiger partial charge in [-0.25, -0.2) is 4.79 Å². The second-order valence-electron chi connectivity index (χ2n) is 3.55. The Morgan fingerprint density at radius 1 is 1.50 bits per heavy atom. The molecule has 0 N–H and O–H groups in total. The molecule has 5 heteroatoms. The third-order valence-electron chi connectivity index (χ3n) is 2.36. The van der Waals surface area contributed by atoms with E-state index in [-0.39, 0.29) is 12.2 Å². The van der Waals surface area contributed by atoms with Gasteiger partial charge in [-0.3, -0.25) is 4.90 Å². The number of rotatable bonds is 3. The van der Waals surface area contributed by atoms with E-state index < -0.39 is 0 Å². The summed E-state index contributed by atoms with van der Waals surface area (Å²) in [6.45, 7) is 0.986. The number of hydrogen-bond donors (Lipinski definition) is 0. The normalized spacial score (nSPS) is 20.0. The van der Waals surface area contributed by atoms with Crippen LogP contribution >= 0.6 is 22.6 Å². The van der Waals surface area contributed by atoms with Crippen LogP contribution < -0.4 is 4.90 Å². The molecule has 1 amide bonds. The summed E-state index contributed by atoms with van der Waals surface area (Å²) in [6.07, 6.45) is -0.472. The van der Waals surface area contributed by atoms with Crippen molar-refractivity contribution in [2.45, 2.75) is 6.10 Å². The molecule has 0 saturated carbocycles. The van der Waals surface area contributed by atoms with Gasteiger partial charge in [0.25, 0.3) is 0 Å². The molecule has 86 valence electrons. The fraction of sp³-hybridized carbons (Fsp3) is 0.364. The maximum Gasteiger partial charge on any atom is 0.414 e. The van der Waals surface area contributed by atoms with Crippen LogP contribution in [-0.2, 0) is 9.47 Å². The van der Waals surface area contributed by atoms with E-state index in [1.807, 2.05) is 24.3 Å². The topological polar surface area (TPSA) is 38.8 Å². The van der Waals surface area contributed by atoms with Crippen LogP contribution in [0.15, 0.2) is 24.3 Å². The Bertz CT molecular complexity index is 379. The van der Waals surface area contributed by atoms with Crippen LogP contribution in [0, 0.1) is 3.57 Å². The maximum absolute atomic E-state index is 11.6. The minimum absolute atomic E-state index is 0.170. The highest BCUT2D eigenvalue weighted by molar-refractivity contribution is 14.1. The highest BCUT2D eigenvalue weighted by atomic mass is 127. The van der Waals surface area contributed by atoms with Gasteiger partial charge in [0.15, 0.2) is 0 Å². The zero-order valence-electron chi connectivity index (χ0n) is 8.85. The molecule has 1 saturated heterocycles. The number of amides is 1. The summed E-state index contributed by atoms with van der Waals surface area (Å²) in [7, 11) is 1.60. The van der Waals surface area contributed by atoms with E-state index >= 15 is 0 Å². The molecule has 2 rings (SSSR count). The molecule has 1 aliphatic heterocycles. The Morgan fingerprint density at radius 3 is 2.81 bits per heavy atom. The number of hydrogen-bond acceptors (Lipinski definition) is 3. The first-order valence-electron chi connectivity index (χ1n) is 4.93. The number of halogens is 1. The number of anilines is 1. The standard InChI is InChI=1S/C11H12INO3/c1-15-7-10-6-13(11(14)16-10)9-4-2-8(12)3-5-9/h2-5,10H,6-7H2,1H3. The predicted molar refractivity (Wildman–Crippen MR) is 68.7 cm³/mol. The molecular weight excluding hydrogens is 321 g/mol. The second kappa shape index (κ2) is 5.01. The molecule has 1 aromatic carbocycles. The molecular formula is C11H12INO3. The minimum atomic E-state index is -0.303. The number of ether oxygens (including phenoxy) is 2. The summed E-state index contributed by atoms with van der Waals surface area (Å²) in [5, 5.41) is 0. The van der Waals surface area contributed by atoms with Crippen molar-refractivity contribution < 1.29 is 14.3 Å². The van der Waals surface area contributed by atoms with Crippen molar-refractivity contribution >= 4 is 34.4 Å². The lowest BCUT2D eigenvalue weighted by Crippen LogP contribution is -2.25. The van der Waals surface area contributed by atoms with Crippen LogP contribution in [0.25, 0.3) is 0 Å². The summed E-state index contributed by atoms with van der Waals surface area (Å²) in [5.41, 5.74) is 0.865. The van der Waals surface area contributed by atoms with Crippen molar-refractivity contribution in [1.82, 2.24) is 0 Å². The Morgan fingerprint density at radius 2 is 2.19 bits per heavy atom. The van der Waals surface area contributed by atoms with E-state index in [1.54, 1.807) is 12.0 Å². The predicted octanol–water partition coefficient (Wildman–Crippen LogP) is 2.26. The van der Waals surface area contributed by atoms with Crippen LogP contribution in [0.4, 0.5) is 10.5 Å². The van der Waals surface area contributed by atoms with Crippen molar-refractivity contribution in [2.75, 3.05) is 25.2 Å². The van der Waals surface area contributed by atoms with Crippen LogP contribution in [0.1, 0.15) is 0 Å². The molecule has 1 aromatic rings. The van der Waals surface area contributed by atoms with Crippen LogP contribution in [-0.4, -0.2) is 32.5 Å². The molecule has 0 radical (unpaired) electrons. The molecule has 16 heavy (non-hydrogen) atoms. The van der Waals surface area contributed by atoms with Gasteiger partial charge in [0, 0.05) is 16.4 Å². The average Bonchev–Trinajstić information content (AvgIpc) is 2.61. The SMILES string of the molecule is COCC1CN(c2ccc(I)cc2)C(=O)O1. The van der Waals surface area contributed by atoms with E-state index in [0.29, 0.717) is 13.2 Å². The third-order valence-corrected chi connectivity index (χ3v) is 3.08. The van der Waals surface area contributed by atoms with Gasteiger partial charge in [-0.2, -0.15) is 0 Å². The molecule has 0 aromatic heterocycles. The summed E-state index contributed by atoms with van der Waals surface area (Å²) < 4.78 is 11.3. The summed E-state index contributed by atoms with van der Waals surface area (Å²) >= 11 is 2.23. The van der Waals surface area contributed by atoms with Gasteiger partial charge in [-0.05, 0) is 46.9 Å². The Balaban J connectivity index is 2.10. The lowest BCUT2D eigenvalue weighted by molar-refractivity contribution is 0.0718. The molecule has 1 heterocycles. The Kier molecular flexibility index (Phi) is 3.65. The molecule has 1 fully saturated rings. The van der Waals surface area contributed by atoms with E-state index in [4.69, 9.17) is 9.47 Å². The van der Waals surface area contributed by atoms with Gasteiger partial charge in [0.05, 0.1) is 13.2 Å². The monoisotopic (exact) mass is 333 g/mol. The van der Waals surface area contributed by atoms with E-state index in [2.05, 4.69) is 22.6 Å². The first-order valence-corrected chi connectivity index (χ1v) is 6.01. The Hall–Kier alpha value is -0.820. The molecule has 1 unspecified atom stereocenters. The Labute approximate surface area is 108 Å². The highest BCUT2D eigenvalue weighted by Crippen LogP contribution is 2.22. The van der Waals surface area contributed by atoms with Crippen LogP contribution in [0.3, 0.4) is 0 Å². The average molecular weight is 333 g/mol. The zero-order chi connectivity index (χ0) is 11.5. The van der Waals surface area contributed by atoms with E-state index in [9.17, 15) is 4.79 Å². The van der Waals surface area contributed by atoms with Crippen LogP contribution in [0.2, 0.25) is 0 Å². The van der Waals surface area contributed by atoms with Gasteiger partial charge >= 0.3 is 6.09 Å². The molecule has 0 bridgehead atoms. The molecule has 1 atom stereocenters. The molecule has 0 spiro atoms. The molecule has 1 aliphatic rings. The maximum atomic E-state index is 11.6. The largest absolute Gasteiger partial charge is 0.441 e. The zero-order valence-corrected chi connectivity index (χ0v) is 11.0. The van der Waals surface area contributed by atoms with Crippen LogP contribution in [0.5, 0.6) is 0 Å². The van der Waals surface area contributed by atoms with Gasteiger partial charge in [-0.15, -0.1) is 0 Å². The summed E-state index contributed by atoms with van der Waals surface area (Å²) in [6, 6.07) is 7.76. The number of methoxy groups -OCH3 is 1. The number of nitrogens with zero attached hydrogens (tertiary/aromatic N) is 1. The third kappa shape index (κ3) is 2.46. The highest BCUT2D eigenvalue weighted by Gasteiger charge is 2.31. The van der Waals surface area contributed by atoms with Crippen molar-refractivity contribution in [2.24, 2.45) is 0 Å². The van der Waals surface area contributed by atoms with E-state index in [1.165, 1.54) is 0 Å². The smallest absolute Gasteiger partial charge is 0.414 e. The van der Waals surface area contributed by atoms with E-state index in [0.717, 1.165) is 9.26 Å². The number of benzene rings is 1. The number of carbonyl (C=O) groups excluding carboxylic acids is 1. The minimum Gasteiger partial charge on any atom is -0.441 e. The quantitative estimate of drug-likeness (QED) is 0.797. The van der Waals surface area contributed by atoms with Gasteiger partial charge in [-0.1, -0.05) is 0 Å². The van der Waals surface area contributed by atoms with Gasteiger partial charge in [0.2, 0.25) is 0 Å². The van der Waals surface area contributed by atoms with Gasteiger partial charge < -0.3 is 9.47 Å². The van der Waals surface area contributed by atoms with Crippen molar-refractivity contribution in [1.29, 1.82) is 0 Å². The van der Waals surface area contributed by atoms with Crippen molar-refractivity contribution in [3.8, 4) is 0 Å². The summed E-state index contributed by atoms with van der Waals surface area (Å²) in [5.74, 6) is 0. The molecule has 0 aliphatic carbocycles. The van der Waals surface area contributed by atoms with Crippen molar-refractivity contribution in [3.63, 3.8) is 0 Å². The number of carbonyl (C=O) groups is 1. The first-order chi connectivity index (χ1) is 7.70. The first kappa shape index (κ1) is 11.7. The molecule has 4 nitrogen and oxygen atoms in total. The number of cyclic esters (lactones) is 1. The lowest BCUT2D eigenvalue weighted by Gasteiger charge is -2.12. The summed E-state index contributed by atoms with van der Waals surface area (Å²) in [4.78, 5) is 13.2. The fourth-order valence-corrected chi connectivity index (χ4v) is 1.99.